The number of ether oxygens (including phenoxy) is 4. The van der Waals surface area contributed by atoms with Crippen LogP contribution in [0.1, 0.15) is 52.2 Å². The molecular weight excluding hydrogens is 904 g/mol. The molecule has 356 valence electrons. The number of halogens is 1. The summed E-state index contributed by atoms with van der Waals surface area (Å²) in [6.45, 7) is 9.23. The van der Waals surface area contributed by atoms with Gasteiger partial charge >= 0.3 is 33.3 Å². The molecule has 6 aromatic heterocycles. The molecule has 23 heteroatoms. The highest BCUT2D eigenvalue weighted by Crippen LogP contribution is 2.39. The van der Waals surface area contributed by atoms with E-state index in [-0.39, 0.29) is 26.6 Å². The third kappa shape index (κ3) is 9.75. The lowest BCUT2D eigenvalue weighted by atomic mass is 9.74. The maximum Gasteiger partial charge on any atom is 0.426 e. The van der Waals surface area contributed by atoms with E-state index in [0.29, 0.717) is 45.5 Å². The minimum absolute atomic E-state index is 0.135. The van der Waals surface area contributed by atoms with Gasteiger partial charge in [-0.3, -0.25) is 0 Å². The first kappa shape index (κ1) is 47.6. The molecule has 1 aliphatic heterocycles. The van der Waals surface area contributed by atoms with Crippen molar-refractivity contribution in [1.29, 1.82) is 0 Å². The van der Waals surface area contributed by atoms with Gasteiger partial charge in [0.1, 0.15) is 39.7 Å². The van der Waals surface area contributed by atoms with E-state index in [4.69, 9.17) is 59.2 Å². The van der Waals surface area contributed by atoms with Gasteiger partial charge in [0.05, 0.1) is 62.0 Å². The lowest BCUT2D eigenvalue weighted by Gasteiger charge is -2.25. The van der Waals surface area contributed by atoms with Gasteiger partial charge in [0.2, 0.25) is 5.28 Å². The number of esters is 2. The predicted octanol–water partition coefficient (Wildman–Crippen LogP) is 7.75. The number of carbonyl (C=O) groups excluding carboxylic acids is 2. The van der Waals surface area contributed by atoms with E-state index in [1.165, 1.54) is 39.9 Å². The zero-order valence-electron chi connectivity index (χ0n) is 40.3. The Morgan fingerprint density at radius 1 is 0.638 bits per heavy atom. The number of methoxy groups -OCH3 is 4. The van der Waals surface area contributed by atoms with Crippen LogP contribution in [0.15, 0.2) is 48.8 Å². The number of rotatable bonds is 10. The van der Waals surface area contributed by atoms with Crippen molar-refractivity contribution in [2.24, 2.45) is 25.9 Å². The van der Waals surface area contributed by atoms with Crippen molar-refractivity contribution in [1.82, 2.24) is 48.2 Å². The molecular formula is C46H52B3ClN10O9. The smallest absolute Gasteiger partial charge is 0.426 e. The normalized spacial score (nSPS) is 14.8. The Bertz CT molecular complexity index is 3030. The highest BCUT2D eigenvalue weighted by atomic mass is 35.5. The van der Waals surface area contributed by atoms with Crippen molar-refractivity contribution in [3.63, 3.8) is 0 Å². The number of hydrogen-bond donors (Lipinski definition) is 0. The average Bonchev–Trinajstić information content (AvgIpc) is 4.22. The molecule has 7 heterocycles. The van der Waals surface area contributed by atoms with Gasteiger partial charge in [-0.25, -0.2) is 34.5 Å². The van der Waals surface area contributed by atoms with Crippen LogP contribution in [0.3, 0.4) is 0 Å². The molecule has 0 amide bonds. The Hall–Kier alpha value is -6.48. The summed E-state index contributed by atoms with van der Waals surface area (Å²) < 4.78 is 44.6. The summed E-state index contributed by atoms with van der Waals surface area (Å²) in [6.07, 6.45) is 8.48. The van der Waals surface area contributed by atoms with Gasteiger partial charge in [-0.1, -0.05) is 0 Å². The SMILES string of the molecule is CB1OB(C)OB(C)O1.COC(=O)c1cc(OC)c2c(c1)nc(-c1cc3cnc(C)nc3n1CC1CC1)n2C.COC(=O)c1cc(OC)c2c(c1)nc(-c1cc3cnc(Cl)nc3n1CC1CC1)n2C. The van der Waals surface area contributed by atoms with Gasteiger partial charge in [-0.15, -0.1) is 0 Å². The molecule has 2 aromatic carbocycles. The molecule has 11 rings (SSSR count). The number of nitrogens with zero attached hydrogens (tertiary/aromatic N) is 10. The summed E-state index contributed by atoms with van der Waals surface area (Å²) in [4.78, 5) is 51.5. The van der Waals surface area contributed by atoms with Crippen LogP contribution in [0, 0.1) is 18.8 Å². The number of aromatic nitrogens is 10. The Morgan fingerprint density at radius 2 is 1.06 bits per heavy atom. The maximum atomic E-state index is 12.1. The van der Waals surface area contributed by atoms with E-state index in [2.05, 4.69) is 30.2 Å². The van der Waals surface area contributed by atoms with Crippen molar-refractivity contribution in [3.8, 4) is 34.5 Å². The number of hydrogen-bond acceptors (Lipinski definition) is 15. The third-order valence-corrected chi connectivity index (χ3v) is 12.6. The van der Waals surface area contributed by atoms with Crippen LogP contribution < -0.4 is 9.47 Å². The molecule has 2 saturated carbocycles. The summed E-state index contributed by atoms with van der Waals surface area (Å²) in [5.74, 6) is 3.87. The minimum atomic E-state index is -0.435. The first-order valence-electron chi connectivity index (χ1n) is 22.8. The lowest BCUT2D eigenvalue weighted by molar-refractivity contribution is 0.0591. The molecule has 19 nitrogen and oxygen atoms in total. The zero-order valence-corrected chi connectivity index (χ0v) is 41.0. The molecule has 3 aliphatic rings. The van der Waals surface area contributed by atoms with E-state index in [0.717, 1.165) is 75.1 Å². The van der Waals surface area contributed by atoms with Crippen LogP contribution in [-0.4, -0.2) is 110 Å². The highest BCUT2D eigenvalue weighted by molar-refractivity contribution is 6.72. The van der Waals surface area contributed by atoms with E-state index < -0.39 is 11.9 Å². The summed E-state index contributed by atoms with van der Waals surface area (Å²) >= 11 is 6.08. The van der Waals surface area contributed by atoms with Gasteiger partial charge in [-0.05, 0) is 113 Å². The second-order valence-corrected chi connectivity index (χ2v) is 17.8. The van der Waals surface area contributed by atoms with Crippen LogP contribution in [0.5, 0.6) is 11.5 Å². The fourth-order valence-corrected chi connectivity index (χ4v) is 8.90. The maximum absolute atomic E-state index is 12.1. The minimum Gasteiger partial charge on any atom is -0.494 e. The van der Waals surface area contributed by atoms with Gasteiger partial charge < -0.3 is 50.9 Å². The molecule has 3 fully saturated rings. The monoisotopic (exact) mass is 956 g/mol. The number of benzene rings is 2. The topological polar surface area (TPSA) is 196 Å². The first-order valence-corrected chi connectivity index (χ1v) is 23.1. The van der Waals surface area contributed by atoms with E-state index in [1.807, 2.05) is 62.9 Å². The quantitative estimate of drug-likeness (QED) is 0.0733. The van der Waals surface area contributed by atoms with Crippen molar-refractivity contribution < 1.29 is 42.3 Å². The van der Waals surface area contributed by atoms with Crippen LogP contribution in [0.2, 0.25) is 25.8 Å². The molecule has 8 aromatic rings. The Morgan fingerprint density at radius 3 is 1.46 bits per heavy atom. The Kier molecular flexibility index (Phi) is 13.4. The number of aryl methyl sites for hydroxylation is 3. The summed E-state index contributed by atoms with van der Waals surface area (Å²) in [7, 11) is 9.36. The lowest BCUT2D eigenvalue weighted by Crippen LogP contribution is -2.44. The fourth-order valence-electron chi connectivity index (χ4n) is 8.77. The third-order valence-electron chi connectivity index (χ3n) is 12.4. The molecule has 0 bridgehead atoms. The number of carbonyl (C=O) groups is 2. The van der Waals surface area contributed by atoms with E-state index in [9.17, 15) is 9.59 Å². The van der Waals surface area contributed by atoms with Crippen molar-refractivity contribution in [2.75, 3.05) is 28.4 Å². The van der Waals surface area contributed by atoms with Crippen molar-refractivity contribution in [2.45, 2.75) is 66.2 Å². The van der Waals surface area contributed by atoms with Crippen molar-refractivity contribution >= 4 is 89.0 Å². The largest absolute Gasteiger partial charge is 0.494 e. The van der Waals surface area contributed by atoms with Crippen LogP contribution in [0.4, 0.5) is 0 Å². The molecule has 0 N–H and O–H groups in total. The molecule has 2 aliphatic carbocycles. The second-order valence-electron chi connectivity index (χ2n) is 17.5. The van der Waals surface area contributed by atoms with Crippen LogP contribution in [0.25, 0.3) is 67.2 Å². The summed E-state index contributed by atoms with van der Waals surface area (Å²) in [6, 6.07) is 10.9. The predicted molar refractivity (Wildman–Crippen MR) is 264 cm³/mol. The fraction of sp³-hybridized carbons (Fsp3) is 0.391. The van der Waals surface area contributed by atoms with Crippen LogP contribution in [-0.2, 0) is 50.4 Å². The number of imidazole rings is 2. The number of fused-ring (bicyclic) bond motifs is 4. The molecule has 0 spiro atoms. The van der Waals surface area contributed by atoms with Gasteiger partial charge in [0, 0.05) is 50.4 Å². The molecule has 0 radical (unpaired) electrons. The average molecular weight is 957 g/mol. The first-order chi connectivity index (χ1) is 33.2. The molecule has 1 saturated heterocycles. The molecule has 0 unspecified atom stereocenters. The highest BCUT2D eigenvalue weighted by Gasteiger charge is 2.32. The zero-order chi connectivity index (χ0) is 48.8. The van der Waals surface area contributed by atoms with Gasteiger partial charge in [-0.2, -0.15) is 4.98 Å². The Labute approximate surface area is 404 Å². The van der Waals surface area contributed by atoms with Crippen LogP contribution >= 0.6 is 11.6 Å². The molecule has 69 heavy (non-hydrogen) atoms. The van der Waals surface area contributed by atoms with Gasteiger partial charge in [0.25, 0.3) is 0 Å². The molecule has 0 atom stereocenters. The Balaban J connectivity index is 0.000000146. The van der Waals surface area contributed by atoms with E-state index in [1.54, 1.807) is 44.7 Å². The standard InChI is InChI=1S/C22H23N5O3.C21H20ClN5O3.C3H9B3O3/c1-12-23-10-15-8-17(27(20(15)24-12)11-13-5-6-13)21-25-16-7-14(22(28)30-4)9-18(29-3)19(16)26(21)2;1-26-17-14(6-12(20(28)30-3)8-16(17)29-2)24-19(26)15-7-13-9-23-21(22)25-18(13)27(15)10-11-4-5-11;1-4-7-5(2)9-6(3)8-4/h7-10,13H,5-6,11H2,1-4H3;6-9,11H,4-5,10H2,1-3H3;1-3H3. The summed E-state index contributed by atoms with van der Waals surface area (Å²) in [5.41, 5.74) is 7.39. The summed E-state index contributed by atoms with van der Waals surface area (Å²) in [5, 5.41) is 2.12. The second kappa shape index (κ2) is 19.5. The van der Waals surface area contributed by atoms with Crippen molar-refractivity contribution in [3.05, 3.63) is 71.0 Å². The van der Waals surface area contributed by atoms with Gasteiger partial charge in [0.15, 0.2) is 11.6 Å². The van der Waals surface area contributed by atoms with E-state index >= 15 is 0 Å².